The molecule has 2 aromatic rings. The lowest BCUT2D eigenvalue weighted by Crippen LogP contribution is -2.67. The Bertz CT molecular complexity index is 1670. The van der Waals surface area contributed by atoms with E-state index in [1.807, 2.05) is 12.1 Å². The molecule has 1 heterocycles. The molecule has 8 heteroatoms. The van der Waals surface area contributed by atoms with Crippen molar-refractivity contribution in [2.24, 2.45) is 33.5 Å². The zero-order valence-corrected chi connectivity index (χ0v) is 28.8. The number of halogens is 3. The fourth-order valence-corrected chi connectivity index (χ4v) is 12.0. The molecule has 6 aliphatic carbocycles. The number of carbonyl (C=O) groups is 1. The average molecular weight is 677 g/mol. The summed E-state index contributed by atoms with van der Waals surface area (Å²) in [6, 6.07) is 11.2. The standard InChI is InChI=1S/C40H47ClF2N2O3/c1-36-13-10-28(46)23-38(36)16-17-40(30(24-38)33(47)22-29-31(41)4-3-5-32(29)43)34(36)11-14-37(2)35(40)12-15-39(37,48)25-44-18-20-45(21-19-44)27-8-6-26(42)7-9-27/h3-9,16-17,24,28,34-35,46,48H,10-15,18-23,25H2,1-2H3/t28?,34-,35-,36-,37+,38+,39-,40-/m1/s1. The van der Waals surface area contributed by atoms with Crippen molar-refractivity contribution in [3.05, 3.63) is 88.5 Å². The highest BCUT2D eigenvalue weighted by molar-refractivity contribution is 6.31. The second-order valence-corrected chi connectivity index (χ2v) is 16.8. The third-order valence-corrected chi connectivity index (χ3v) is 14.8. The third kappa shape index (κ3) is 4.52. The van der Waals surface area contributed by atoms with Crippen molar-refractivity contribution in [3.63, 3.8) is 0 Å². The summed E-state index contributed by atoms with van der Waals surface area (Å²) in [6.07, 6.45) is 11.7. The zero-order chi connectivity index (χ0) is 33.7. The number of fused-ring (bicyclic) bond motifs is 1. The van der Waals surface area contributed by atoms with Crippen LogP contribution in [0.3, 0.4) is 0 Å². The summed E-state index contributed by atoms with van der Waals surface area (Å²) in [5.41, 5.74) is -0.509. The number of rotatable bonds is 6. The minimum atomic E-state index is -0.929. The van der Waals surface area contributed by atoms with Crippen LogP contribution in [0.2, 0.25) is 5.02 Å². The van der Waals surface area contributed by atoms with Crippen LogP contribution in [-0.2, 0) is 11.2 Å². The van der Waals surface area contributed by atoms with Crippen molar-refractivity contribution in [3.8, 4) is 0 Å². The minimum absolute atomic E-state index is 0.0405. The Morgan fingerprint density at radius 1 is 0.917 bits per heavy atom. The fourth-order valence-electron chi connectivity index (χ4n) is 11.8. The Morgan fingerprint density at radius 2 is 1.60 bits per heavy atom. The predicted molar refractivity (Wildman–Crippen MR) is 184 cm³/mol. The van der Waals surface area contributed by atoms with Crippen molar-refractivity contribution in [2.45, 2.75) is 76.9 Å². The van der Waals surface area contributed by atoms with Crippen LogP contribution in [0.5, 0.6) is 0 Å². The second-order valence-electron chi connectivity index (χ2n) is 16.4. The number of benzene rings is 2. The molecule has 7 aliphatic rings. The Kier molecular flexibility index (Phi) is 7.62. The first-order chi connectivity index (χ1) is 22.8. The van der Waals surface area contributed by atoms with Crippen LogP contribution >= 0.6 is 11.6 Å². The van der Waals surface area contributed by atoms with Gasteiger partial charge in [0, 0.05) is 77.2 Å². The summed E-state index contributed by atoms with van der Waals surface area (Å²) in [7, 11) is 0. The van der Waals surface area contributed by atoms with Crippen LogP contribution < -0.4 is 4.90 Å². The molecule has 5 nitrogen and oxygen atoms in total. The minimum Gasteiger partial charge on any atom is -0.393 e. The lowest BCUT2D eigenvalue weighted by molar-refractivity contribution is -0.179. The number of allylic oxidation sites excluding steroid dienone is 4. The number of piperazine rings is 1. The summed E-state index contributed by atoms with van der Waals surface area (Å²) in [6.45, 7) is 8.45. The SMILES string of the molecule is C[C@]12CC[C@H]3[C@]4(C=C[C@@]5(C=C4C(=O)Cc4c(F)cccc4Cl)CC(O)CC[C@]35C)[C@@H]1CC[C@@]2(O)CN1CCN(c2ccc(F)cc2)CC1. The molecule has 2 N–H and O–H groups in total. The molecule has 2 spiro atoms. The van der Waals surface area contributed by atoms with Gasteiger partial charge in [-0.05, 0) is 98.6 Å². The van der Waals surface area contributed by atoms with Crippen molar-refractivity contribution < 1.29 is 23.8 Å². The predicted octanol–water partition coefficient (Wildman–Crippen LogP) is 7.14. The largest absolute Gasteiger partial charge is 0.393 e. The number of nitrogens with zero attached hydrogens (tertiary/aromatic N) is 2. The van der Waals surface area contributed by atoms with Gasteiger partial charge in [-0.2, -0.15) is 0 Å². The number of β-amino-alcohol motifs (C(OH)–C–C–N with tert-alkyl or cyclic N) is 1. The summed E-state index contributed by atoms with van der Waals surface area (Å²) >= 11 is 6.45. The first-order valence-corrected chi connectivity index (χ1v) is 18.3. The maximum atomic E-state index is 15.1. The number of carbonyl (C=O) groups excluding carboxylic acids is 1. The first-order valence-electron chi connectivity index (χ1n) is 17.9. The highest BCUT2D eigenvalue weighted by atomic mass is 35.5. The van der Waals surface area contributed by atoms with Crippen molar-refractivity contribution in [1.82, 2.24) is 4.90 Å². The van der Waals surface area contributed by atoms with E-state index in [2.05, 4.69) is 41.9 Å². The van der Waals surface area contributed by atoms with Crippen LogP contribution in [0, 0.1) is 45.1 Å². The van der Waals surface area contributed by atoms with E-state index in [1.54, 1.807) is 12.1 Å². The van der Waals surface area contributed by atoms with Gasteiger partial charge in [0.05, 0.1) is 11.7 Å². The van der Waals surface area contributed by atoms with Gasteiger partial charge in [-0.3, -0.25) is 9.69 Å². The molecule has 1 saturated heterocycles. The third-order valence-electron chi connectivity index (χ3n) is 14.5. The molecule has 1 unspecified atom stereocenters. The number of ketones is 1. The molecule has 256 valence electrons. The van der Waals surface area contributed by atoms with Gasteiger partial charge in [-0.1, -0.05) is 49.7 Å². The molecule has 0 radical (unpaired) electrons. The van der Waals surface area contributed by atoms with E-state index in [0.717, 1.165) is 69.5 Å². The lowest BCUT2D eigenvalue weighted by atomic mass is 9.32. The Morgan fingerprint density at radius 3 is 2.33 bits per heavy atom. The molecule has 4 fully saturated rings. The molecular formula is C40H47ClF2N2O3. The Balaban J connectivity index is 1.12. The van der Waals surface area contributed by atoms with Gasteiger partial charge in [0.1, 0.15) is 11.6 Å². The van der Waals surface area contributed by atoms with Crippen molar-refractivity contribution in [1.29, 1.82) is 0 Å². The van der Waals surface area contributed by atoms with E-state index < -0.39 is 33.8 Å². The Labute approximate surface area is 287 Å². The fraction of sp³-hybridized carbons (Fsp3) is 0.575. The highest BCUT2D eigenvalue weighted by Gasteiger charge is 2.74. The maximum absolute atomic E-state index is 15.1. The van der Waals surface area contributed by atoms with Gasteiger partial charge >= 0.3 is 0 Å². The van der Waals surface area contributed by atoms with Gasteiger partial charge < -0.3 is 15.1 Å². The number of aliphatic hydroxyl groups is 2. The topological polar surface area (TPSA) is 64.0 Å². The number of hydrogen-bond acceptors (Lipinski definition) is 5. The molecule has 0 amide bonds. The second kappa shape index (κ2) is 11.2. The van der Waals surface area contributed by atoms with E-state index in [1.165, 1.54) is 18.2 Å². The highest BCUT2D eigenvalue weighted by Crippen LogP contribution is 2.78. The van der Waals surface area contributed by atoms with Gasteiger partial charge in [-0.15, -0.1) is 0 Å². The molecule has 3 saturated carbocycles. The smallest absolute Gasteiger partial charge is 0.164 e. The van der Waals surface area contributed by atoms with Crippen LogP contribution in [0.15, 0.2) is 66.3 Å². The van der Waals surface area contributed by atoms with Crippen LogP contribution in [-0.4, -0.2) is 65.3 Å². The molecule has 48 heavy (non-hydrogen) atoms. The van der Waals surface area contributed by atoms with Crippen molar-refractivity contribution >= 4 is 23.1 Å². The van der Waals surface area contributed by atoms with E-state index in [9.17, 15) is 19.4 Å². The number of Topliss-reactive ketones (excluding diaryl/α,β-unsaturated/α-hetero) is 1. The van der Waals surface area contributed by atoms with Gasteiger partial charge in [0.15, 0.2) is 5.78 Å². The van der Waals surface area contributed by atoms with E-state index in [4.69, 9.17) is 11.6 Å². The van der Waals surface area contributed by atoms with E-state index in [0.29, 0.717) is 19.4 Å². The monoisotopic (exact) mass is 676 g/mol. The first kappa shape index (κ1) is 32.6. The molecule has 2 aromatic carbocycles. The summed E-state index contributed by atoms with van der Waals surface area (Å²) in [5.74, 6) is -0.586. The van der Waals surface area contributed by atoms with Crippen LogP contribution in [0.4, 0.5) is 14.5 Å². The van der Waals surface area contributed by atoms with Crippen LogP contribution in [0.1, 0.15) is 64.4 Å². The van der Waals surface area contributed by atoms with E-state index in [-0.39, 0.29) is 45.9 Å². The Hall–Kier alpha value is -2.58. The maximum Gasteiger partial charge on any atom is 0.164 e. The van der Waals surface area contributed by atoms with Gasteiger partial charge in [-0.25, -0.2) is 8.78 Å². The molecular weight excluding hydrogens is 630 g/mol. The van der Waals surface area contributed by atoms with Crippen molar-refractivity contribution in [2.75, 3.05) is 37.6 Å². The summed E-state index contributed by atoms with van der Waals surface area (Å²) < 4.78 is 28.6. The molecule has 8 atom stereocenters. The summed E-state index contributed by atoms with van der Waals surface area (Å²) in [5, 5.41) is 24.0. The number of anilines is 1. The van der Waals surface area contributed by atoms with Gasteiger partial charge in [0.25, 0.3) is 0 Å². The van der Waals surface area contributed by atoms with Gasteiger partial charge in [0.2, 0.25) is 0 Å². The quantitative estimate of drug-likeness (QED) is 0.319. The number of hydrogen-bond donors (Lipinski definition) is 2. The lowest BCUT2D eigenvalue weighted by Gasteiger charge is -2.71. The van der Waals surface area contributed by atoms with Crippen LogP contribution in [0.25, 0.3) is 0 Å². The van der Waals surface area contributed by atoms with E-state index >= 15 is 4.39 Å². The number of aliphatic hydroxyl groups excluding tert-OH is 1. The molecule has 2 bridgehead atoms. The zero-order valence-electron chi connectivity index (χ0n) is 28.0. The molecule has 0 aromatic heterocycles. The summed E-state index contributed by atoms with van der Waals surface area (Å²) in [4.78, 5) is 19.3. The molecule has 9 rings (SSSR count). The average Bonchev–Trinajstić information content (AvgIpc) is 3.33. The molecule has 1 aliphatic heterocycles. The normalized spacial score (nSPS) is 40.3.